The Kier molecular flexibility index (Phi) is 10.6. The number of amides is 4. The molecule has 1 aliphatic rings. The van der Waals surface area contributed by atoms with Gasteiger partial charge in [-0.25, -0.2) is 0 Å². The van der Waals surface area contributed by atoms with Crippen LogP contribution < -0.4 is 24.8 Å². The van der Waals surface area contributed by atoms with Crippen molar-refractivity contribution in [1.82, 2.24) is 4.90 Å². The number of halogens is 1. The summed E-state index contributed by atoms with van der Waals surface area (Å²) in [5.74, 6) is -0.103. The van der Waals surface area contributed by atoms with Crippen molar-refractivity contribution in [2.75, 3.05) is 37.0 Å². The lowest BCUT2D eigenvalue weighted by Crippen LogP contribution is -2.36. The molecule has 4 amide bonds. The van der Waals surface area contributed by atoms with Crippen LogP contribution in [-0.4, -0.2) is 54.2 Å². The van der Waals surface area contributed by atoms with Gasteiger partial charge in [-0.3, -0.25) is 24.1 Å². The zero-order chi connectivity index (χ0) is 30.1. The third kappa shape index (κ3) is 8.14. The second-order valence-electron chi connectivity index (χ2n) is 8.73. The Labute approximate surface area is 255 Å². The molecule has 2 N–H and O–H groups in total. The molecular weight excluding hydrogens is 626 g/mol. The molecular formula is C30H28BrN3O7S. The monoisotopic (exact) mass is 653 g/mol. The number of nitrogens with one attached hydrogen (secondary N) is 2. The largest absolute Gasteiger partial charge is 0.494 e. The maximum Gasteiger partial charge on any atom is 0.294 e. The van der Waals surface area contributed by atoms with Gasteiger partial charge in [-0.2, -0.15) is 0 Å². The maximum absolute atomic E-state index is 13.0. The predicted molar refractivity (Wildman–Crippen MR) is 165 cm³/mol. The number of ether oxygens (including phenoxy) is 3. The molecule has 0 radical (unpaired) electrons. The molecule has 0 saturated carbocycles. The van der Waals surface area contributed by atoms with Crippen LogP contribution in [0.1, 0.15) is 19.4 Å². The van der Waals surface area contributed by atoms with Crippen molar-refractivity contribution in [2.45, 2.75) is 13.8 Å². The summed E-state index contributed by atoms with van der Waals surface area (Å²) in [6.45, 7) is 3.84. The molecule has 1 fully saturated rings. The van der Waals surface area contributed by atoms with Gasteiger partial charge in [0.05, 0.1) is 18.1 Å². The average molecular weight is 655 g/mol. The molecule has 1 aliphatic heterocycles. The Morgan fingerprint density at radius 1 is 0.857 bits per heavy atom. The van der Waals surface area contributed by atoms with Crippen LogP contribution in [0.2, 0.25) is 0 Å². The fourth-order valence-electron chi connectivity index (χ4n) is 3.83. The van der Waals surface area contributed by atoms with Gasteiger partial charge in [-0.15, -0.1) is 0 Å². The van der Waals surface area contributed by atoms with E-state index in [1.54, 1.807) is 55.5 Å². The highest BCUT2D eigenvalue weighted by atomic mass is 79.9. The number of hydrogen-bond acceptors (Lipinski definition) is 8. The quantitative estimate of drug-likeness (QED) is 0.230. The first-order valence-corrected chi connectivity index (χ1v) is 14.6. The zero-order valence-electron chi connectivity index (χ0n) is 22.8. The summed E-state index contributed by atoms with van der Waals surface area (Å²) in [5.41, 5.74) is 1.71. The molecule has 12 heteroatoms. The fraction of sp³-hybridized carbons (Fsp3) is 0.200. The molecule has 42 heavy (non-hydrogen) atoms. The number of nitrogens with zero attached hydrogens (tertiary/aromatic N) is 1. The summed E-state index contributed by atoms with van der Waals surface area (Å²) in [6.07, 6.45) is 1.54. The Balaban J connectivity index is 1.42. The van der Waals surface area contributed by atoms with Crippen molar-refractivity contribution < 1.29 is 33.4 Å². The van der Waals surface area contributed by atoms with Crippen molar-refractivity contribution in [2.24, 2.45) is 0 Å². The maximum atomic E-state index is 13.0. The highest BCUT2D eigenvalue weighted by Gasteiger charge is 2.36. The number of benzene rings is 3. The molecule has 218 valence electrons. The highest BCUT2D eigenvalue weighted by Crippen LogP contribution is 2.38. The third-order valence-corrected chi connectivity index (χ3v) is 7.28. The van der Waals surface area contributed by atoms with Gasteiger partial charge in [0.25, 0.3) is 17.1 Å². The van der Waals surface area contributed by atoms with E-state index in [0.717, 1.165) is 16.7 Å². The normalized spacial score (nSPS) is 13.7. The van der Waals surface area contributed by atoms with Gasteiger partial charge in [0.2, 0.25) is 5.91 Å². The number of rotatable bonds is 12. The van der Waals surface area contributed by atoms with Crippen molar-refractivity contribution in [3.05, 3.63) is 81.7 Å². The molecule has 0 bridgehead atoms. The predicted octanol–water partition coefficient (Wildman–Crippen LogP) is 5.94. The van der Waals surface area contributed by atoms with Gasteiger partial charge in [-0.1, -0.05) is 34.1 Å². The number of para-hydroxylation sites is 1. The van der Waals surface area contributed by atoms with E-state index >= 15 is 0 Å². The molecule has 0 aliphatic carbocycles. The number of imide groups is 1. The molecule has 0 atom stereocenters. The first kappa shape index (κ1) is 30.7. The molecule has 0 aromatic heterocycles. The fourth-order valence-corrected chi connectivity index (χ4v) is 5.09. The minimum atomic E-state index is -0.588. The van der Waals surface area contributed by atoms with Crippen molar-refractivity contribution >= 4 is 68.1 Å². The van der Waals surface area contributed by atoms with E-state index in [2.05, 4.69) is 26.6 Å². The van der Waals surface area contributed by atoms with E-state index in [1.807, 2.05) is 25.1 Å². The van der Waals surface area contributed by atoms with Gasteiger partial charge in [0, 0.05) is 15.8 Å². The van der Waals surface area contributed by atoms with Crippen LogP contribution in [0.5, 0.6) is 17.2 Å². The Hall–Kier alpha value is -4.29. The zero-order valence-corrected chi connectivity index (χ0v) is 25.3. The topological polar surface area (TPSA) is 123 Å². The number of hydrogen-bond donors (Lipinski definition) is 2. The number of thioether (sulfide) groups is 1. The van der Waals surface area contributed by atoms with Crippen LogP contribution in [0, 0.1) is 0 Å². The second-order valence-corrected chi connectivity index (χ2v) is 10.6. The minimum absolute atomic E-state index is 0.146. The molecule has 0 unspecified atom stereocenters. The number of anilines is 2. The first-order chi connectivity index (χ1) is 20.3. The molecule has 10 nitrogen and oxygen atoms in total. The Morgan fingerprint density at radius 2 is 1.50 bits per heavy atom. The second kappa shape index (κ2) is 14.6. The van der Waals surface area contributed by atoms with Crippen LogP contribution in [0.15, 0.2) is 76.1 Å². The standard InChI is InChI=1S/C30H28BrN3O7S/c1-3-39-22-12-10-21(11-13-22)32-27(35)17-34-29(37)26(42-30(34)38)15-19-14-24(40-4-2)25(16-23(19)31)41-18-28(36)33-20-8-6-5-7-9-20/h5-16H,3-4,17-18H2,1-2H3,(H,32,35)(H,33,36)/b26-15+. The lowest BCUT2D eigenvalue weighted by molar-refractivity contribution is -0.127. The van der Waals surface area contributed by atoms with Crippen LogP contribution in [0.4, 0.5) is 16.2 Å². The molecule has 4 rings (SSSR count). The molecule has 1 saturated heterocycles. The van der Waals surface area contributed by atoms with E-state index < -0.39 is 23.6 Å². The lowest BCUT2D eigenvalue weighted by Gasteiger charge is -2.14. The van der Waals surface area contributed by atoms with Gasteiger partial charge < -0.3 is 24.8 Å². The van der Waals surface area contributed by atoms with Gasteiger partial charge >= 0.3 is 0 Å². The minimum Gasteiger partial charge on any atom is -0.494 e. The van der Waals surface area contributed by atoms with E-state index in [1.165, 1.54) is 6.08 Å². The summed E-state index contributed by atoms with van der Waals surface area (Å²) in [5, 5.41) is 4.87. The lowest BCUT2D eigenvalue weighted by atomic mass is 10.1. The first-order valence-electron chi connectivity index (χ1n) is 13.0. The third-order valence-electron chi connectivity index (χ3n) is 5.69. The van der Waals surface area contributed by atoms with Crippen molar-refractivity contribution in [1.29, 1.82) is 0 Å². The molecule has 0 spiro atoms. The van der Waals surface area contributed by atoms with Gasteiger partial charge in [-0.05, 0) is 85.8 Å². The summed E-state index contributed by atoms with van der Waals surface area (Å²) in [7, 11) is 0. The average Bonchev–Trinajstić information content (AvgIpc) is 3.23. The molecule has 1 heterocycles. The summed E-state index contributed by atoms with van der Waals surface area (Å²) >= 11 is 4.21. The van der Waals surface area contributed by atoms with Crippen molar-refractivity contribution in [3.8, 4) is 17.2 Å². The van der Waals surface area contributed by atoms with Crippen molar-refractivity contribution in [3.63, 3.8) is 0 Å². The summed E-state index contributed by atoms with van der Waals surface area (Å²) in [4.78, 5) is 51.6. The smallest absolute Gasteiger partial charge is 0.294 e. The summed E-state index contributed by atoms with van der Waals surface area (Å²) < 4.78 is 17.4. The van der Waals surface area contributed by atoms with Gasteiger partial charge in [0.1, 0.15) is 12.3 Å². The van der Waals surface area contributed by atoms with E-state index in [-0.39, 0.29) is 17.4 Å². The van der Waals surface area contributed by atoms with Gasteiger partial charge in [0.15, 0.2) is 18.1 Å². The van der Waals surface area contributed by atoms with Crippen LogP contribution in [0.25, 0.3) is 6.08 Å². The summed E-state index contributed by atoms with van der Waals surface area (Å²) in [6, 6.07) is 19.1. The van der Waals surface area contributed by atoms with Crippen LogP contribution in [0.3, 0.4) is 0 Å². The Morgan fingerprint density at radius 3 is 2.19 bits per heavy atom. The van der Waals surface area contributed by atoms with E-state index in [9.17, 15) is 19.2 Å². The molecule has 3 aromatic rings. The van der Waals surface area contributed by atoms with E-state index in [4.69, 9.17) is 14.2 Å². The number of carbonyl (C=O) groups excluding carboxylic acids is 4. The van der Waals surface area contributed by atoms with E-state index in [0.29, 0.717) is 51.9 Å². The van der Waals surface area contributed by atoms with Crippen LogP contribution >= 0.6 is 27.7 Å². The molecule has 3 aromatic carbocycles. The highest BCUT2D eigenvalue weighted by molar-refractivity contribution is 9.10. The SMILES string of the molecule is CCOc1ccc(NC(=O)CN2C(=O)S/C(=C/c3cc(OCC)c(OCC(=O)Nc4ccccc4)cc3Br)C2=O)cc1. The van der Waals surface area contributed by atoms with Crippen LogP contribution in [-0.2, 0) is 14.4 Å². The number of carbonyl (C=O) groups is 4. The Bertz CT molecular complexity index is 1500.